The van der Waals surface area contributed by atoms with Crippen LogP contribution in [0.15, 0.2) is 119 Å². The van der Waals surface area contributed by atoms with E-state index in [2.05, 4.69) is 70.9 Å². The van der Waals surface area contributed by atoms with Crippen molar-refractivity contribution in [3.63, 3.8) is 0 Å². The summed E-state index contributed by atoms with van der Waals surface area (Å²) in [4.78, 5) is 0. The van der Waals surface area contributed by atoms with Gasteiger partial charge < -0.3 is 0 Å². The van der Waals surface area contributed by atoms with Crippen LogP contribution in [0.4, 0.5) is 11.4 Å². The van der Waals surface area contributed by atoms with Crippen LogP contribution >= 0.6 is 0 Å². The maximum atomic E-state index is 4.47. The van der Waals surface area contributed by atoms with E-state index >= 15 is 0 Å². The van der Waals surface area contributed by atoms with Gasteiger partial charge in [-0.05, 0) is 34.9 Å². The van der Waals surface area contributed by atoms with Crippen LogP contribution in [0.5, 0.6) is 0 Å². The van der Waals surface area contributed by atoms with Crippen LogP contribution in [0.3, 0.4) is 0 Å². The van der Waals surface area contributed by atoms with E-state index in [1.54, 1.807) is 0 Å². The Morgan fingerprint density at radius 3 is 1.53 bits per heavy atom. The number of hydrogen-bond acceptors (Lipinski definition) is 2. The zero-order valence-corrected chi connectivity index (χ0v) is 16.6. The second-order valence-electron chi connectivity index (χ2n) is 6.84. The predicted octanol–water partition coefficient (Wildman–Crippen LogP) is 8.44. The van der Waals surface area contributed by atoms with Gasteiger partial charge in [0.2, 0.25) is 0 Å². The second kappa shape index (κ2) is 9.94. The van der Waals surface area contributed by atoms with Crippen LogP contribution in [-0.2, 0) is 0 Å². The number of nitrogens with zero attached hydrogens (tertiary/aromatic N) is 2. The third kappa shape index (κ3) is 5.49. The third-order valence-electron chi connectivity index (χ3n) is 4.63. The summed E-state index contributed by atoms with van der Waals surface area (Å²) in [6.07, 6.45) is 8.36. The van der Waals surface area contributed by atoms with Gasteiger partial charge in [0.15, 0.2) is 0 Å². The lowest BCUT2D eigenvalue weighted by Crippen LogP contribution is -1.75. The first-order valence-electron chi connectivity index (χ1n) is 9.94. The van der Waals surface area contributed by atoms with E-state index in [1.807, 2.05) is 72.8 Å². The third-order valence-corrected chi connectivity index (χ3v) is 4.63. The fourth-order valence-corrected chi connectivity index (χ4v) is 2.99. The van der Waals surface area contributed by atoms with Gasteiger partial charge >= 0.3 is 0 Å². The molecule has 0 aliphatic carbocycles. The lowest BCUT2D eigenvalue weighted by molar-refractivity contribution is 1.23. The average Bonchev–Trinajstić information content (AvgIpc) is 2.82. The van der Waals surface area contributed by atoms with Gasteiger partial charge in [-0.2, -0.15) is 5.11 Å². The molecular formula is C28H22N2. The van der Waals surface area contributed by atoms with Gasteiger partial charge in [0, 0.05) is 5.56 Å². The number of azo groups is 1. The first kappa shape index (κ1) is 19.3. The quantitative estimate of drug-likeness (QED) is 0.235. The van der Waals surface area contributed by atoms with E-state index in [4.69, 9.17) is 0 Å². The van der Waals surface area contributed by atoms with E-state index in [9.17, 15) is 0 Å². The predicted molar refractivity (Wildman–Crippen MR) is 128 cm³/mol. The Hall–Kier alpha value is -4.04. The molecule has 0 radical (unpaired) electrons. The molecule has 0 bridgehead atoms. The molecular weight excluding hydrogens is 364 g/mol. The minimum Gasteiger partial charge on any atom is -0.151 e. The average molecular weight is 386 g/mol. The summed E-state index contributed by atoms with van der Waals surface area (Å²) in [7, 11) is 0. The molecule has 144 valence electrons. The molecule has 0 fully saturated rings. The van der Waals surface area contributed by atoms with Crippen LogP contribution in [0.25, 0.3) is 24.3 Å². The maximum Gasteiger partial charge on any atom is 0.0929 e. The van der Waals surface area contributed by atoms with Gasteiger partial charge in [-0.3, -0.25) is 0 Å². The maximum absolute atomic E-state index is 4.47. The molecule has 2 nitrogen and oxygen atoms in total. The van der Waals surface area contributed by atoms with Crippen molar-refractivity contribution in [2.75, 3.05) is 0 Å². The first-order chi connectivity index (χ1) is 14.9. The first-order valence-corrected chi connectivity index (χ1v) is 9.94. The summed E-state index contributed by atoms with van der Waals surface area (Å²) >= 11 is 0. The smallest absolute Gasteiger partial charge is 0.0929 e. The Kier molecular flexibility index (Phi) is 6.39. The summed E-state index contributed by atoms with van der Waals surface area (Å²) in [6, 6.07) is 36.6. The fraction of sp³-hybridized carbons (Fsp3) is 0. The van der Waals surface area contributed by atoms with Gasteiger partial charge in [-0.25, -0.2) is 0 Å². The van der Waals surface area contributed by atoms with Gasteiger partial charge in [0.05, 0.1) is 11.4 Å². The highest BCUT2D eigenvalue weighted by Crippen LogP contribution is 2.24. The fourth-order valence-electron chi connectivity index (χ4n) is 2.99. The minimum absolute atomic E-state index is 0.828. The highest BCUT2D eigenvalue weighted by atomic mass is 15.1. The molecule has 0 spiro atoms. The van der Waals surface area contributed by atoms with Crippen molar-refractivity contribution in [2.24, 2.45) is 10.2 Å². The van der Waals surface area contributed by atoms with Crippen LogP contribution < -0.4 is 0 Å². The summed E-state index contributed by atoms with van der Waals surface area (Å²) in [6.45, 7) is 0. The highest BCUT2D eigenvalue weighted by Gasteiger charge is 1.98. The van der Waals surface area contributed by atoms with E-state index in [0.29, 0.717) is 0 Å². The van der Waals surface area contributed by atoms with Crippen molar-refractivity contribution in [2.45, 2.75) is 0 Å². The summed E-state index contributed by atoms with van der Waals surface area (Å²) in [5, 5.41) is 8.89. The van der Waals surface area contributed by atoms with Crippen LogP contribution in [0, 0.1) is 0 Å². The molecule has 4 rings (SSSR count). The van der Waals surface area contributed by atoms with Crippen molar-refractivity contribution < 1.29 is 0 Å². The van der Waals surface area contributed by atoms with E-state index in [-0.39, 0.29) is 0 Å². The van der Waals surface area contributed by atoms with Gasteiger partial charge in [-0.1, -0.05) is 115 Å². The molecule has 30 heavy (non-hydrogen) atoms. The number of benzene rings is 4. The Morgan fingerprint density at radius 2 is 0.900 bits per heavy atom. The summed E-state index contributed by atoms with van der Waals surface area (Å²) < 4.78 is 0. The Balaban J connectivity index is 1.46. The van der Waals surface area contributed by atoms with Crippen molar-refractivity contribution in [1.82, 2.24) is 0 Å². The summed E-state index contributed by atoms with van der Waals surface area (Å²) in [5.74, 6) is 0. The number of rotatable bonds is 6. The van der Waals surface area contributed by atoms with Crippen molar-refractivity contribution in [1.29, 1.82) is 0 Å². The molecule has 0 saturated heterocycles. The molecule has 0 aromatic heterocycles. The van der Waals surface area contributed by atoms with E-state index in [0.717, 1.165) is 28.1 Å². The normalized spacial score (nSPS) is 11.6. The molecule has 0 aliphatic heterocycles. The molecule has 0 aliphatic rings. The van der Waals surface area contributed by atoms with Crippen molar-refractivity contribution >= 4 is 35.7 Å². The van der Waals surface area contributed by atoms with E-state index < -0.39 is 0 Å². The monoisotopic (exact) mass is 386 g/mol. The zero-order valence-electron chi connectivity index (χ0n) is 16.6. The molecule has 0 unspecified atom stereocenters. The highest BCUT2D eigenvalue weighted by molar-refractivity contribution is 5.75. The Bertz CT molecular complexity index is 1160. The van der Waals surface area contributed by atoms with Crippen LogP contribution in [-0.4, -0.2) is 0 Å². The zero-order chi connectivity index (χ0) is 20.4. The molecule has 4 aromatic rings. The molecule has 0 atom stereocenters. The Labute approximate surface area is 177 Å². The van der Waals surface area contributed by atoms with Gasteiger partial charge in [0.25, 0.3) is 0 Å². The Morgan fingerprint density at radius 1 is 0.400 bits per heavy atom. The topological polar surface area (TPSA) is 24.7 Å². The lowest BCUT2D eigenvalue weighted by atomic mass is 10.1. The largest absolute Gasteiger partial charge is 0.151 e. The van der Waals surface area contributed by atoms with Crippen LogP contribution in [0.1, 0.15) is 22.3 Å². The van der Waals surface area contributed by atoms with Gasteiger partial charge in [0.1, 0.15) is 0 Å². The van der Waals surface area contributed by atoms with Crippen LogP contribution in [0.2, 0.25) is 0 Å². The molecule has 0 heterocycles. The SMILES string of the molecule is C(=Cc1ccc(N=Nc2ccccc2C=Cc2ccccc2)cc1)c1ccccc1. The summed E-state index contributed by atoms with van der Waals surface area (Å²) in [5.41, 5.74) is 6.17. The number of hydrogen-bond donors (Lipinski definition) is 0. The standard InChI is InChI=1S/C28H22N2/c1-3-9-23(10-4-1)15-16-25-18-21-27(22-19-25)29-30-28-14-8-7-13-26(28)20-17-24-11-5-2-6-12-24/h1-22H. The molecule has 0 amide bonds. The van der Waals surface area contributed by atoms with Crippen molar-refractivity contribution in [3.05, 3.63) is 131 Å². The molecule has 4 aromatic carbocycles. The molecule has 0 saturated carbocycles. The van der Waals surface area contributed by atoms with Crippen molar-refractivity contribution in [3.8, 4) is 0 Å². The van der Waals surface area contributed by atoms with E-state index in [1.165, 1.54) is 5.56 Å². The molecule has 2 heteroatoms. The van der Waals surface area contributed by atoms with Gasteiger partial charge in [-0.15, -0.1) is 5.11 Å². The lowest BCUT2D eigenvalue weighted by Gasteiger charge is -2.00. The second-order valence-corrected chi connectivity index (χ2v) is 6.84. The molecule has 0 N–H and O–H groups in total. The minimum atomic E-state index is 0.828.